The molecule has 0 heterocycles. The first kappa shape index (κ1) is 20.1. The van der Waals surface area contributed by atoms with Crippen molar-refractivity contribution >= 4 is 0 Å². The molecule has 2 N–H and O–H groups in total. The van der Waals surface area contributed by atoms with Crippen molar-refractivity contribution < 1.29 is 10.2 Å². The maximum atomic E-state index is 10.5. The Bertz CT molecular complexity index is 550. The van der Waals surface area contributed by atoms with Crippen LogP contribution in [0.5, 0.6) is 0 Å². The smallest absolute Gasteiger partial charge is 0.0596 e. The van der Waals surface area contributed by atoms with E-state index in [0.717, 1.165) is 37.5 Å². The highest BCUT2D eigenvalue weighted by atomic mass is 16.3. The van der Waals surface area contributed by atoms with Gasteiger partial charge in [-0.25, -0.2) is 0 Å². The maximum Gasteiger partial charge on any atom is 0.0596 e. The summed E-state index contributed by atoms with van der Waals surface area (Å²) in [6, 6.07) is 0. The third kappa shape index (κ3) is 3.11. The van der Waals surface area contributed by atoms with E-state index in [1.54, 1.807) is 0 Å². The van der Waals surface area contributed by atoms with Gasteiger partial charge >= 0.3 is 0 Å². The van der Waals surface area contributed by atoms with E-state index in [1.807, 2.05) is 0 Å². The van der Waals surface area contributed by atoms with Crippen molar-refractivity contribution in [1.82, 2.24) is 0 Å². The van der Waals surface area contributed by atoms with Gasteiger partial charge in [-0.15, -0.1) is 0 Å². The van der Waals surface area contributed by atoms with Gasteiger partial charge in [0.25, 0.3) is 0 Å². The molecule has 26 heavy (non-hydrogen) atoms. The molecule has 0 aromatic rings. The fraction of sp³-hybridized carbons (Fsp3) is 0.833. The predicted octanol–water partition coefficient (Wildman–Crippen LogP) is 5.64. The molecule has 0 saturated heterocycles. The summed E-state index contributed by atoms with van der Waals surface area (Å²) in [5.41, 5.74) is 1.86. The van der Waals surface area contributed by atoms with E-state index in [0.29, 0.717) is 5.92 Å². The molecule has 2 nitrogen and oxygen atoms in total. The van der Waals surface area contributed by atoms with Crippen LogP contribution in [0.25, 0.3) is 0 Å². The quantitative estimate of drug-likeness (QED) is 0.594. The molecule has 0 radical (unpaired) electrons. The zero-order valence-electron chi connectivity index (χ0n) is 17.4. The van der Waals surface area contributed by atoms with Crippen molar-refractivity contribution in [3.05, 3.63) is 23.8 Å². The van der Waals surface area contributed by atoms with Gasteiger partial charge in [0.05, 0.1) is 12.2 Å². The molecule has 3 fully saturated rings. The van der Waals surface area contributed by atoms with Crippen molar-refractivity contribution in [2.45, 2.75) is 97.7 Å². The first-order valence-corrected chi connectivity index (χ1v) is 11.1. The van der Waals surface area contributed by atoms with Gasteiger partial charge in [-0.2, -0.15) is 0 Å². The molecule has 0 aromatic heterocycles. The van der Waals surface area contributed by atoms with Crippen LogP contribution in [0.15, 0.2) is 23.8 Å². The van der Waals surface area contributed by atoms with E-state index in [-0.39, 0.29) is 23.0 Å². The maximum absolute atomic E-state index is 10.5. The van der Waals surface area contributed by atoms with E-state index in [2.05, 4.69) is 45.9 Å². The van der Waals surface area contributed by atoms with E-state index in [9.17, 15) is 10.2 Å². The van der Waals surface area contributed by atoms with Crippen LogP contribution in [0.4, 0.5) is 0 Å². The molecule has 0 aromatic carbocycles. The van der Waals surface area contributed by atoms with Gasteiger partial charge in [-0.05, 0) is 81.5 Å². The molecule has 2 heteroatoms. The lowest BCUT2D eigenvalue weighted by atomic mass is 9.47. The Balaban J connectivity index is 0.000000613. The summed E-state index contributed by atoms with van der Waals surface area (Å²) in [5, 5.41) is 20.7. The summed E-state index contributed by atoms with van der Waals surface area (Å²) < 4.78 is 0. The second-order valence-electron chi connectivity index (χ2n) is 9.62. The highest BCUT2D eigenvalue weighted by Gasteiger charge is 2.58. The van der Waals surface area contributed by atoms with E-state index in [4.69, 9.17) is 0 Å². The Morgan fingerprint density at radius 2 is 1.81 bits per heavy atom. The van der Waals surface area contributed by atoms with Crippen LogP contribution in [0.1, 0.15) is 85.5 Å². The standard InChI is InChI=1S/C21H32O2.C3H8/c1-3-10-21-12-8-15(22)13-14(21)4-5-16-17-6-7-19(23)20(17,2)11-9-18(16)21;1-3-2/h3-4,10,15-19,22-23H,5-9,11-13H2,1-2H3;3H2,1-2H3/b10-3-;. The van der Waals surface area contributed by atoms with Crippen LogP contribution in [-0.4, -0.2) is 22.4 Å². The number of fused-ring (bicyclic) bond motifs is 5. The zero-order chi connectivity index (χ0) is 18.9. The van der Waals surface area contributed by atoms with Crippen molar-refractivity contribution in [3.63, 3.8) is 0 Å². The fourth-order valence-corrected chi connectivity index (χ4v) is 6.93. The molecule has 0 amide bonds. The van der Waals surface area contributed by atoms with Gasteiger partial charge in [0.2, 0.25) is 0 Å². The van der Waals surface area contributed by atoms with Gasteiger partial charge in [-0.3, -0.25) is 0 Å². The highest BCUT2D eigenvalue weighted by Crippen LogP contribution is 2.65. The summed E-state index contributed by atoms with van der Waals surface area (Å²) in [6.45, 7) is 8.74. The molecule has 7 unspecified atom stereocenters. The van der Waals surface area contributed by atoms with Crippen molar-refractivity contribution in [1.29, 1.82) is 0 Å². The highest BCUT2D eigenvalue weighted by molar-refractivity contribution is 5.31. The van der Waals surface area contributed by atoms with Gasteiger partial charge in [0.15, 0.2) is 0 Å². The molecule has 148 valence electrons. The lowest BCUT2D eigenvalue weighted by Gasteiger charge is -2.57. The average molecular weight is 361 g/mol. The molecule has 4 aliphatic rings. The van der Waals surface area contributed by atoms with Crippen molar-refractivity contribution in [3.8, 4) is 0 Å². The fourth-order valence-electron chi connectivity index (χ4n) is 6.93. The predicted molar refractivity (Wildman–Crippen MR) is 109 cm³/mol. The molecule has 0 aliphatic heterocycles. The van der Waals surface area contributed by atoms with Gasteiger partial charge in [0.1, 0.15) is 0 Å². The van der Waals surface area contributed by atoms with E-state index < -0.39 is 0 Å². The third-order valence-corrected chi connectivity index (χ3v) is 8.09. The van der Waals surface area contributed by atoms with Crippen LogP contribution < -0.4 is 0 Å². The molecular weight excluding hydrogens is 320 g/mol. The van der Waals surface area contributed by atoms with Crippen LogP contribution in [0, 0.1) is 28.6 Å². The summed E-state index contributed by atoms with van der Waals surface area (Å²) in [5.74, 6) is 2.12. The van der Waals surface area contributed by atoms with Crippen LogP contribution in [0.2, 0.25) is 0 Å². The summed E-state index contributed by atoms with van der Waals surface area (Å²) in [4.78, 5) is 0. The number of aliphatic hydroxyl groups is 2. The number of allylic oxidation sites excluding steroid dienone is 3. The number of aliphatic hydroxyl groups excluding tert-OH is 2. The molecule has 7 atom stereocenters. The normalized spacial score (nSPS) is 47.3. The number of hydrogen-bond donors (Lipinski definition) is 2. The van der Waals surface area contributed by atoms with E-state index in [1.165, 1.54) is 37.7 Å². The van der Waals surface area contributed by atoms with Crippen LogP contribution in [-0.2, 0) is 0 Å². The van der Waals surface area contributed by atoms with Crippen molar-refractivity contribution in [2.75, 3.05) is 0 Å². The van der Waals surface area contributed by atoms with Crippen molar-refractivity contribution in [2.24, 2.45) is 28.6 Å². The average Bonchev–Trinajstić information content (AvgIpc) is 2.91. The molecular formula is C24H40O2. The first-order chi connectivity index (χ1) is 12.4. The topological polar surface area (TPSA) is 40.5 Å². The Morgan fingerprint density at radius 1 is 1.08 bits per heavy atom. The molecule has 0 spiro atoms. The molecule has 3 saturated carbocycles. The summed E-state index contributed by atoms with van der Waals surface area (Å²) >= 11 is 0. The van der Waals surface area contributed by atoms with Gasteiger partial charge < -0.3 is 10.2 Å². The summed E-state index contributed by atoms with van der Waals surface area (Å²) in [7, 11) is 0. The minimum absolute atomic E-state index is 0.0929. The number of hydrogen-bond acceptors (Lipinski definition) is 2. The lowest BCUT2D eigenvalue weighted by Crippen LogP contribution is -2.51. The minimum Gasteiger partial charge on any atom is -0.393 e. The molecule has 4 rings (SSSR count). The van der Waals surface area contributed by atoms with Gasteiger partial charge in [0, 0.05) is 5.41 Å². The third-order valence-electron chi connectivity index (χ3n) is 8.09. The Kier molecular flexibility index (Phi) is 6.04. The SMILES string of the molecule is C/C=C\C12CCC(O)CC1=CCC1C2CCC2(C)C(O)CCC12.CCC. The second-order valence-corrected chi connectivity index (χ2v) is 9.62. The summed E-state index contributed by atoms with van der Waals surface area (Å²) in [6.07, 6.45) is 16.9. The van der Waals surface area contributed by atoms with E-state index >= 15 is 0 Å². The number of rotatable bonds is 1. The largest absolute Gasteiger partial charge is 0.393 e. The minimum atomic E-state index is -0.140. The Labute approximate surface area is 160 Å². The van der Waals surface area contributed by atoms with Crippen LogP contribution >= 0.6 is 0 Å². The Morgan fingerprint density at radius 3 is 2.50 bits per heavy atom. The van der Waals surface area contributed by atoms with Gasteiger partial charge in [-0.1, -0.05) is 51.0 Å². The van der Waals surface area contributed by atoms with Crippen LogP contribution in [0.3, 0.4) is 0 Å². The molecule has 0 bridgehead atoms. The molecule has 4 aliphatic carbocycles. The zero-order valence-corrected chi connectivity index (χ0v) is 17.4. The second kappa shape index (κ2) is 7.80. The lowest BCUT2D eigenvalue weighted by molar-refractivity contribution is -0.0643. The first-order valence-electron chi connectivity index (χ1n) is 11.1. The monoisotopic (exact) mass is 360 g/mol. The Hall–Kier alpha value is -0.600.